The first-order chi connectivity index (χ1) is 9.56. The maximum absolute atomic E-state index is 12.2. The summed E-state index contributed by atoms with van der Waals surface area (Å²) in [4.78, 5) is 11.9. The van der Waals surface area contributed by atoms with Gasteiger partial charge in [0.2, 0.25) is 0 Å². The van der Waals surface area contributed by atoms with Gasteiger partial charge in [0.15, 0.2) is 0 Å². The van der Waals surface area contributed by atoms with Crippen molar-refractivity contribution in [2.45, 2.75) is 19.6 Å². The van der Waals surface area contributed by atoms with E-state index in [4.69, 9.17) is 4.74 Å². The second-order valence-electron chi connectivity index (χ2n) is 4.41. The molecule has 1 heterocycles. The van der Waals surface area contributed by atoms with Crippen LogP contribution >= 0.6 is 0 Å². The lowest BCUT2D eigenvalue weighted by atomic mass is 10.2. The average Bonchev–Trinajstić information content (AvgIpc) is 2.43. The Hall–Kier alpha value is -1.73. The van der Waals surface area contributed by atoms with E-state index in [2.05, 4.69) is 15.4 Å². The Kier molecular flexibility index (Phi) is 4.86. The molecule has 0 radical (unpaired) electrons. The molecule has 7 heteroatoms. The summed E-state index contributed by atoms with van der Waals surface area (Å²) < 4.78 is 34.2. The van der Waals surface area contributed by atoms with Gasteiger partial charge >= 0.3 is 6.61 Å². The highest BCUT2D eigenvalue weighted by Crippen LogP contribution is 2.24. The fourth-order valence-electron chi connectivity index (χ4n) is 1.86. The van der Waals surface area contributed by atoms with Crippen molar-refractivity contribution in [1.29, 1.82) is 0 Å². The fraction of sp³-hybridized carbons (Fsp3) is 0.462. The zero-order chi connectivity index (χ0) is 14.5. The van der Waals surface area contributed by atoms with Gasteiger partial charge in [-0.15, -0.1) is 0 Å². The molecule has 0 bridgehead atoms. The van der Waals surface area contributed by atoms with E-state index >= 15 is 0 Å². The van der Waals surface area contributed by atoms with E-state index in [1.165, 1.54) is 6.07 Å². The van der Waals surface area contributed by atoms with Crippen LogP contribution in [-0.4, -0.2) is 38.3 Å². The Labute approximate surface area is 115 Å². The standard InChI is InChI=1S/C13H16F2N2O3/c1-8-2-3-9(6-10(8)20-13(14)15)17-12(18)11-7-16-4-5-19-11/h2-3,6,11,13,16H,4-5,7H2,1H3,(H,17,18). The van der Waals surface area contributed by atoms with Gasteiger partial charge < -0.3 is 20.1 Å². The number of carbonyl (C=O) groups is 1. The van der Waals surface area contributed by atoms with Crippen LogP contribution in [0.1, 0.15) is 5.56 Å². The summed E-state index contributed by atoms with van der Waals surface area (Å²) in [7, 11) is 0. The minimum atomic E-state index is -2.90. The highest BCUT2D eigenvalue weighted by atomic mass is 19.3. The second-order valence-corrected chi connectivity index (χ2v) is 4.41. The largest absolute Gasteiger partial charge is 0.434 e. The van der Waals surface area contributed by atoms with Crippen molar-refractivity contribution in [3.63, 3.8) is 0 Å². The van der Waals surface area contributed by atoms with Crippen LogP contribution in [0.25, 0.3) is 0 Å². The molecule has 0 spiro atoms. The van der Waals surface area contributed by atoms with E-state index in [1.807, 2.05) is 0 Å². The molecule has 110 valence electrons. The van der Waals surface area contributed by atoms with Gasteiger partial charge in [-0.2, -0.15) is 8.78 Å². The number of benzene rings is 1. The van der Waals surface area contributed by atoms with Gasteiger partial charge in [-0.05, 0) is 18.6 Å². The summed E-state index contributed by atoms with van der Waals surface area (Å²) in [5, 5.41) is 5.66. The van der Waals surface area contributed by atoms with Crippen molar-refractivity contribution >= 4 is 11.6 Å². The fourth-order valence-corrected chi connectivity index (χ4v) is 1.86. The molecule has 1 aromatic carbocycles. The summed E-state index contributed by atoms with van der Waals surface area (Å²) >= 11 is 0. The molecule has 1 fully saturated rings. The molecule has 0 aliphatic carbocycles. The maximum atomic E-state index is 12.2. The molecule has 1 unspecified atom stereocenters. The van der Waals surface area contributed by atoms with Gasteiger partial charge in [0.1, 0.15) is 11.9 Å². The van der Waals surface area contributed by atoms with Crippen LogP contribution in [0.4, 0.5) is 14.5 Å². The van der Waals surface area contributed by atoms with Crippen molar-refractivity contribution in [3.05, 3.63) is 23.8 Å². The number of rotatable bonds is 4. The lowest BCUT2D eigenvalue weighted by Crippen LogP contribution is -2.45. The minimum absolute atomic E-state index is 0.0421. The van der Waals surface area contributed by atoms with Gasteiger partial charge in [-0.1, -0.05) is 6.07 Å². The molecule has 1 amide bonds. The van der Waals surface area contributed by atoms with E-state index in [-0.39, 0.29) is 11.7 Å². The molecule has 1 aliphatic rings. The highest BCUT2D eigenvalue weighted by molar-refractivity contribution is 5.94. The van der Waals surface area contributed by atoms with E-state index in [0.717, 1.165) is 0 Å². The third-order valence-electron chi connectivity index (χ3n) is 2.89. The van der Waals surface area contributed by atoms with Gasteiger partial charge in [-0.3, -0.25) is 4.79 Å². The molecule has 0 aromatic heterocycles. The summed E-state index contributed by atoms with van der Waals surface area (Å²) in [6.45, 7) is 0.354. The number of amides is 1. The van der Waals surface area contributed by atoms with Gasteiger partial charge in [0.25, 0.3) is 5.91 Å². The van der Waals surface area contributed by atoms with Crippen molar-refractivity contribution < 1.29 is 23.0 Å². The number of aryl methyl sites for hydroxylation is 1. The molecule has 0 saturated carbocycles. The number of carbonyl (C=O) groups excluding carboxylic acids is 1. The topological polar surface area (TPSA) is 59.6 Å². The molecule has 1 aliphatic heterocycles. The van der Waals surface area contributed by atoms with Crippen LogP contribution in [0.15, 0.2) is 18.2 Å². The Morgan fingerprint density at radius 1 is 1.55 bits per heavy atom. The lowest BCUT2D eigenvalue weighted by molar-refractivity contribution is -0.128. The average molecular weight is 286 g/mol. The summed E-state index contributed by atoms with van der Waals surface area (Å²) in [6.07, 6.45) is -0.579. The van der Waals surface area contributed by atoms with Gasteiger partial charge in [0, 0.05) is 24.8 Å². The van der Waals surface area contributed by atoms with E-state index in [1.54, 1.807) is 19.1 Å². The number of hydrogen-bond acceptors (Lipinski definition) is 4. The third kappa shape index (κ3) is 3.88. The van der Waals surface area contributed by atoms with Crippen molar-refractivity contribution in [3.8, 4) is 5.75 Å². The number of halogens is 2. The molecular weight excluding hydrogens is 270 g/mol. The highest BCUT2D eigenvalue weighted by Gasteiger charge is 2.22. The Balaban J connectivity index is 2.03. The Bertz CT molecular complexity index is 477. The van der Waals surface area contributed by atoms with Crippen LogP contribution in [0.5, 0.6) is 5.75 Å². The zero-order valence-corrected chi connectivity index (χ0v) is 11.0. The number of anilines is 1. The zero-order valence-electron chi connectivity index (χ0n) is 11.0. The molecule has 1 atom stereocenters. The molecule has 1 saturated heterocycles. The van der Waals surface area contributed by atoms with Crippen molar-refractivity contribution in [2.75, 3.05) is 25.0 Å². The number of morpholine rings is 1. The van der Waals surface area contributed by atoms with Crippen LogP contribution in [0.2, 0.25) is 0 Å². The van der Waals surface area contributed by atoms with Crippen LogP contribution in [-0.2, 0) is 9.53 Å². The predicted octanol–water partition coefficient (Wildman–Crippen LogP) is 1.52. The van der Waals surface area contributed by atoms with E-state index < -0.39 is 12.7 Å². The molecule has 1 aromatic rings. The monoisotopic (exact) mass is 286 g/mol. The van der Waals surface area contributed by atoms with Crippen molar-refractivity contribution in [1.82, 2.24) is 5.32 Å². The number of nitrogens with one attached hydrogen (secondary N) is 2. The van der Waals surface area contributed by atoms with Crippen LogP contribution in [0.3, 0.4) is 0 Å². The summed E-state index contributed by atoms with van der Waals surface area (Å²) in [5.74, 6) is -0.274. The normalized spacial score (nSPS) is 18.9. The number of hydrogen-bond donors (Lipinski definition) is 2. The molecule has 2 rings (SSSR count). The predicted molar refractivity (Wildman–Crippen MR) is 69.1 cm³/mol. The Morgan fingerprint density at radius 3 is 3.00 bits per heavy atom. The van der Waals surface area contributed by atoms with E-state index in [0.29, 0.717) is 30.9 Å². The van der Waals surface area contributed by atoms with Crippen LogP contribution in [0, 0.1) is 6.92 Å². The van der Waals surface area contributed by atoms with Gasteiger partial charge in [0.05, 0.1) is 6.61 Å². The minimum Gasteiger partial charge on any atom is -0.434 e. The third-order valence-corrected chi connectivity index (χ3v) is 2.89. The first-order valence-corrected chi connectivity index (χ1v) is 6.25. The molecule has 2 N–H and O–H groups in total. The Morgan fingerprint density at radius 2 is 2.35 bits per heavy atom. The lowest BCUT2D eigenvalue weighted by Gasteiger charge is -2.22. The molecule has 20 heavy (non-hydrogen) atoms. The SMILES string of the molecule is Cc1ccc(NC(=O)C2CNCCO2)cc1OC(F)F. The molecular formula is C13H16F2N2O3. The summed E-state index contributed by atoms with van der Waals surface area (Å²) in [6, 6.07) is 4.60. The smallest absolute Gasteiger partial charge is 0.387 e. The van der Waals surface area contributed by atoms with E-state index in [9.17, 15) is 13.6 Å². The van der Waals surface area contributed by atoms with Crippen molar-refractivity contribution in [2.24, 2.45) is 0 Å². The van der Waals surface area contributed by atoms with Crippen LogP contribution < -0.4 is 15.4 Å². The molecule has 5 nitrogen and oxygen atoms in total. The maximum Gasteiger partial charge on any atom is 0.387 e. The quantitative estimate of drug-likeness (QED) is 0.881. The second kappa shape index (κ2) is 6.62. The number of ether oxygens (including phenoxy) is 2. The first kappa shape index (κ1) is 14.7. The first-order valence-electron chi connectivity index (χ1n) is 6.25. The number of alkyl halides is 2. The summed E-state index contributed by atoms with van der Waals surface area (Å²) in [5.41, 5.74) is 0.962. The van der Waals surface area contributed by atoms with Gasteiger partial charge in [-0.25, -0.2) is 0 Å².